The van der Waals surface area contributed by atoms with E-state index >= 15 is 0 Å². The standard InChI is InChI=1S/C12H16N4O2/c1-8-7-9(4-5-14-8)12(17)16-6-2-3-10(16)11(13)15-18/h4-5,7,10,18H,2-3,6H2,1H3,(H2,13,15). The van der Waals surface area contributed by atoms with Gasteiger partial charge in [0.25, 0.3) is 5.91 Å². The van der Waals surface area contributed by atoms with E-state index in [1.54, 1.807) is 23.2 Å². The first-order valence-electron chi connectivity index (χ1n) is 5.84. The van der Waals surface area contributed by atoms with E-state index in [1.165, 1.54) is 0 Å². The van der Waals surface area contributed by atoms with E-state index in [9.17, 15) is 4.79 Å². The molecule has 1 aliphatic heterocycles. The van der Waals surface area contributed by atoms with Crippen LogP contribution < -0.4 is 5.73 Å². The lowest BCUT2D eigenvalue weighted by molar-refractivity contribution is 0.0767. The molecule has 1 aromatic heterocycles. The van der Waals surface area contributed by atoms with Crippen molar-refractivity contribution in [3.8, 4) is 0 Å². The van der Waals surface area contributed by atoms with Crippen molar-refractivity contribution in [3.05, 3.63) is 29.6 Å². The normalized spacial score (nSPS) is 20.2. The van der Waals surface area contributed by atoms with Gasteiger partial charge in [-0.3, -0.25) is 9.78 Å². The van der Waals surface area contributed by atoms with Gasteiger partial charge in [-0.15, -0.1) is 0 Å². The van der Waals surface area contributed by atoms with Crippen molar-refractivity contribution in [2.45, 2.75) is 25.8 Å². The molecule has 1 aromatic rings. The highest BCUT2D eigenvalue weighted by atomic mass is 16.4. The number of rotatable bonds is 2. The van der Waals surface area contributed by atoms with Crippen molar-refractivity contribution in [2.75, 3.05) is 6.54 Å². The molecule has 2 heterocycles. The molecule has 0 radical (unpaired) electrons. The van der Waals surface area contributed by atoms with Crippen LogP contribution in [0, 0.1) is 6.92 Å². The third-order valence-corrected chi connectivity index (χ3v) is 3.11. The first-order chi connectivity index (χ1) is 8.63. The minimum Gasteiger partial charge on any atom is -0.409 e. The molecule has 96 valence electrons. The van der Waals surface area contributed by atoms with Crippen LogP contribution in [0.4, 0.5) is 0 Å². The molecule has 2 rings (SSSR count). The average Bonchev–Trinajstić information content (AvgIpc) is 2.86. The fraction of sp³-hybridized carbons (Fsp3) is 0.417. The number of hydrogen-bond acceptors (Lipinski definition) is 4. The molecular weight excluding hydrogens is 232 g/mol. The number of nitrogens with zero attached hydrogens (tertiary/aromatic N) is 3. The van der Waals surface area contributed by atoms with Crippen molar-refractivity contribution >= 4 is 11.7 Å². The Morgan fingerprint density at radius 1 is 1.67 bits per heavy atom. The number of pyridine rings is 1. The van der Waals surface area contributed by atoms with Gasteiger partial charge in [-0.25, -0.2) is 0 Å². The number of carbonyl (C=O) groups excluding carboxylic acids is 1. The van der Waals surface area contributed by atoms with E-state index in [-0.39, 0.29) is 17.8 Å². The molecule has 18 heavy (non-hydrogen) atoms. The first-order valence-corrected chi connectivity index (χ1v) is 5.84. The average molecular weight is 248 g/mol. The fourth-order valence-corrected chi connectivity index (χ4v) is 2.23. The highest BCUT2D eigenvalue weighted by molar-refractivity contribution is 5.98. The van der Waals surface area contributed by atoms with Gasteiger partial charge in [-0.05, 0) is 31.9 Å². The fourth-order valence-electron chi connectivity index (χ4n) is 2.23. The van der Waals surface area contributed by atoms with Crippen molar-refractivity contribution in [3.63, 3.8) is 0 Å². The predicted molar refractivity (Wildman–Crippen MR) is 66.4 cm³/mol. The quantitative estimate of drug-likeness (QED) is 0.349. The van der Waals surface area contributed by atoms with Crippen molar-refractivity contribution in [1.29, 1.82) is 0 Å². The summed E-state index contributed by atoms with van der Waals surface area (Å²) in [5.74, 6) is -0.0128. The monoisotopic (exact) mass is 248 g/mol. The molecule has 1 amide bonds. The molecule has 0 aromatic carbocycles. The Hall–Kier alpha value is -2.11. The zero-order chi connectivity index (χ0) is 13.1. The molecular formula is C12H16N4O2. The summed E-state index contributed by atoms with van der Waals surface area (Å²) in [6.45, 7) is 2.46. The summed E-state index contributed by atoms with van der Waals surface area (Å²) < 4.78 is 0. The second kappa shape index (κ2) is 5.03. The molecule has 3 N–H and O–H groups in total. The molecule has 0 aliphatic carbocycles. The summed E-state index contributed by atoms with van der Waals surface area (Å²) >= 11 is 0. The molecule has 0 saturated carbocycles. The largest absolute Gasteiger partial charge is 0.409 e. The van der Waals surface area contributed by atoms with Crippen LogP contribution in [0.15, 0.2) is 23.5 Å². The zero-order valence-electron chi connectivity index (χ0n) is 10.2. The van der Waals surface area contributed by atoms with E-state index in [1.807, 2.05) is 6.92 Å². The smallest absolute Gasteiger partial charge is 0.254 e. The van der Waals surface area contributed by atoms with Gasteiger partial charge in [0.2, 0.25) is 0 Å². The molecule has 0 spiro atoms. The summed E-state index contributed by atoms with van der Waals surface area (Å²) in [5.41, 5.74) is 6.98. The van der Waals surface area contributed by atoms with Crippen molar-refractivity contribution in [1.82, 2.24) is 9.88 Å². The second-order valence-electron chi connectivity index (χ2n) is 4.37. The van der Waals surface area contributed by atoms with Crippen molar-refractivity contribution < 1.29 is 10.0 Å². The van der Waals surface area contributed by atoms with E-state index in [4.69, 9.17) is 10.9 Å². The van der Waals surface area contributed by atoms with Crippen LogP contribution in [0.25, 0.3) is 0 Å². The van der Waals surface area contributed by atoms with Crippen LogP contribution in [0.3, 0.4) is 0 Å². The van der Waals surface area contributed by atoms with Crippen molar-refractivity contribution in [2.24, 2.45) is 10.9 Å². The number of amides is 1. The Kier molecular flexibility index (Phi) is 3.45. The maximum Gasteiger partial charge on any atom is 0.254 e. The number of carbonyl (C=O) groups is 1. The third kappa shape index (κ3) is 2.27. The van der Waals surface area contributed by atoms with Crippen LogP contribution in [0.5, 0.6) is 0 Å². The van der Waals surface area contributed by atoms with E-state index in [2.05, 4.69) is 10.1 Å². The van der Waals surface area contributed by atoms with E-state index in [0.29, 0.717) is 12.1 Å². The number of nitrogens with two attached hydrogens (primary N) is 1. The summed E-state index contributed by atoms with van der Waals surface area (Å²) in [6, 6.07) is 3.11. The number of aryl methyl sites for hydroxylation is 1. The van der Waals surface area contributed by atoms with Crippen LogP contribution >= 0.6 is 0 Å². The highest BCUT2D eigenvalue weighted by Gasteiger charge is 2.32. The third-order valence-electron chi connectivity index (χ3n) is 3.11. The maximum absolute atomic E-state index is 12.3. The second-order valence-corrected chi connectivity index (χ2v) is 4.37. The molecule has 1 atom stereocenters. The van der Waals surface area contributed by atoms with Crippen LogP contribution in [-0.2, 0) is 0 Å². The van der Waals surface area contributed by atoms with Gasteiger partial charge in [0.15, 0.2) is 5.84 Å². The first kappa shape index (κ1) is 12.3. The summed E-state index contributed by atoms with van der Waals surface area (Å²) in [5, 5.41) is 11.7. The minimum atomic E-state index is -0.309. The van der Waals surface area contributed by atoms with Gasteiger partial charge in [0.1, 0.15) is 0 Å². The lowest BCUT2D eigenvalue weighted by atomic mass is 10.1. The van der Waals surface area contributed by atoms with Gasteiger partial charge >= 0.3 is 0 Å². The lowest BCUT2D eigenvalue weighted by Crippen LogP contribution is -2.43. The zero-order valence-corrected chi connectivity index (χ0v) is 10.2. The molecule has 6 nitrogen and oxygen atoms in total. The number of aromatic nitrogens is 1. The number of likely N-dealkylation sites (tertiary alicyclic amines) is 1. The summed E-state index contributed by atoms with van der Waals surface area (Å²) in [4.78, 5) is 18.0. The topological polar surface area (TPSA) is 91.8 Å². The number of hydrogen-bond donors (Lipinski definition) is 2. The summed E-state index contributed by atoms with van der Waals surface area (Å²) in [6.07, 6.45) is 3.19. The van der Waals surface area contributed by atoms with Gasteiger partial charge < -0.3 is 15.8 Å². The molecule has 1 unspecified atom stereocenters. The number of amidine groups is 1. The SMILES string of the molecule is Cc1cc(C(=O)N2CCCC2/C(N)=N/O)ccn1. The number of oxime groups is 1. The maximum atomic E-state index is 12.3. The van der Waals surface area contributed by atoms with Gasteiger partial charge in [-0.1, -0.05) is 5.16 Å². The Morgan fingerprint density at radius 3 is 3.11 bits per heavy atom. The van der Waals surface area contributed by atoms with Crippen LogP contribution in [-0.4, -0.2) is 39.4 Å². The molecule has 6 heteroatoms. The molecule has 1 aliphatic rings. The predicted octanol–water partition coefficient (Wildman–Crippen LogP) is 0.741. The Bertz CT molecular complexity index is 487. The Labute approximate surface area is 105 Å². The Balaban J connectivity index is 2.23. The van der Waals surface area contributed by atoms with Gasteiger partial charge in [-0.2, -0.15) is 0 Å². The van der Waals surface area contributed by atoms with E-state index in [0.717, 1.165) is 18.5 Å². The Morgan fingerprint density at radius 2 is 2.44 bits per heavy atom. The van der Waals surface area contributed by atoms with Crippen LogP contribution in [0.2, 0.25) is 0 Å². The van der Waals surface area contributed by atoms with Gasteiger partial charge in [0.05, 0.1) is 6.04 Å². The van der Waals surface area contributed by atoms with Crippen LogP contribution in [0.1, 0.15) is 28.9 Å². The van der Waals surface area contributed by atoms with E-state index < -0.39 is 0 Å². The lowest BCUT2D eigenvalue weighted by Gasteiger charge is -2.23. The molecule has 0 bridgehead atoms. The molecule has 1 fully saturated rings. The minimum absolute atomic E-state index is 0.0895. The van der Waals surface area contributed by atoms with Gasteiger partial charge in [0, 0.05) is 24.0 Å². The molecule has 1 saturated heterocycles. The summed E-state index contributed by atoms with van der Waals surface area (Å²) in [7, 11) is 0. The highest BCUT2D eigenvalue weighted by Crippen LogP contribution is 2.20.